The lowest BCUT2D eigenvalue weighted by atomic mass is 10.2. The number of hydrogen-bond acceptors (Lipinski definition) is 6. The van der Waals surface area contributed by atoms with Crippen LogP contribution in [0.3, 0.4) is 0 Å². The summed E-state index contributed by atoms with van der Waals surface area (Å²) in [6, 6.07) is 0. The molecular weight excluding hydrogens is 314 g/mol. The first-order chi connectivity index (χ1) is 10.9. The van der Waals surface area contributed by atoms with E-state index in [-0.39, 0.29) is 10.9 Å². The number of nitrogens with zero attached hydrogens (tertiary/aromatic N) is 4. The maximum absolute atomic E-state index is 5.47. The Kier molecular flexibility index (Phi) is 6.29. The van der Waals surface area contributed by atoms with E-state index in [1.807, 2.05) is 25.6 Å². The average molecular weight is 341 g/mol. The van der Waals surface area contributed by atoms with Gasteiger partial charge in [0.2, 0.25) is 5.89 Å². The molecule has 1 fully saturated rings. The molecule has 1 N–H and O–H groups in total. The van der Waals surface area contributed by atoms with Crippen LogP contribution in [0.2, 0.25) is 0 Å². The van der Waals surface area contributed by atoms with Gasteiger partial charge in [-0.3, -0.25) is 4.99 Å². The Hall–Kier alpha value is -1.28. The van der Waals surface area contributed by atoms with Crippen molar-refractivity contribution in [2.75, 3.05) is 32.5 Å². The van der Waals surface area contributed by atoms with Crippen LogP contribution < -0.4 is 5.32 Å². The summed E-state index contributed by atoms with van der Waals surface area (Å²) >= 11 is 2.00. The van der Waals surface area contributed by atoms with Gasteiger partial charge in [-0.2, -0.15) is 16.7 Å². The molecule has 1 aliphatic rings. The molecule has 0 amide bonds. The van der Waals surface area contributed by atoms with E-state index < -0.39 is 0 Å². The molecule has 0 radical (unpaired) electrons. The average Bonchev–Trinajstić information content (AvgIpc) is 2.96. The molecule has 1 atom stereocenters. The van der Waals surface area contributed by atoms with Crippen molar-refractivity contribution in [3.63, 3.8) is 0 Å². The van der Waals surface area contributed by atoms with Crippen molar-refractivity contribution in [2.45, 2.75) is 45.1 Å². The van der Waals surface area contributed by atoms with Crippen LogP contribution in [-0.4, -0.2) is 58.2 Å². The standard InChI is InChI=1S/C15H27N5O2S/c1-6-21-11(2)13-18-12(22-19-13)9-17-14(16-5)20-7-8-23-15(3,4)10-20/h11H,6-10H2,1-5H3,(H,16,17). The molecule has 8 heteroatoms. The van der Waals surface area contributed by atoms with Crippen molar-refractivity contribution in [1.82, 2.24) is 20.4 Å². The Balaban J connectivity index is 1.91. The topological polar surface area (TPSA) is 75.8 Å². The van der Waals surface area contributed by atoms with Gasteiger partial charge in [0.1, 0.15) is 6.10 Å². The smallest absolute Gasteiger partial charge is 0.246 e. The minimum atomic E-state index is -0.156. The van der Waals surface area contributed by atoms with Crippen LogP contribution in [-0.2, 0) is 11.3 Å². The number of nitrogens with one attached hydrogen (secondary N) is 1. The summed E-state index contributed by atoms with van der Waals surface area (Å²) in [4.78, 5) is 11.0. The summed E-state index contributed by atoms with van der Waals surface area (Å²) in [5, 5.41) is 7.27. The molecule has 0 aliphatic carbocycles. The summed E-state index contributed by atoms with van der Waals surface area (Å²) in [6.07, 6.45) is -0.156. The molecule has 0 saturated carbocycles. The highest BCUT2D eigenvalue weighted by molar-refractivity contribution is 8.00. The molecule has 1 aromatic heterocycles. The number of ether oxygens (including phenoxy) is 1. The number of aliphatic imine (C=N–C) groups is 1. The van der Waals surface area contributed by atoms with Gasteiger partial charge in [-0.15, -0.1) is 0 Å². The van der Waals surface area contributed by atoms with E-state index in [4.69, 9.17) is 9.26 Å². The van der Waals surface area contributed by atoms with Crippen LogP contribution in [0.15, 0.2) is 9.52 Å². The predicted molar refractivity (Wildman–Crippen MR) is 92.6 cm³/mol. The molecule has 1 saturated heterocycles. The summed E-state index contributed by atoms with van der Waals surface area (Å²) in [7, 11) is 1.80. The van der Waals surface area contributed by atoms with Gasteiger partial charge >= 0.3 is 0 Å². The van der Waals surface area contributed by atoms with Gasteiger partial charge in [0.15, 0.2) is 11.8 Å². The van der Waals surface area contributed by atoms with Gasteiger partial charge in [-0.25, -0.2) is 0 Å². The maximum Gasteiger partial charge on any atom is 0.246 e. The first-order valence-electron chi connectivity index (χ1n) is 7.99. The summed E-state index contributed by atoms with van der Waals surface area (Å²) < 4.78 is 11.0. The van der Waals surface area contributed by atoms with Gasteiger partial charge in [-0.05, 0) is 27.7 Å². The fourth-order valence-electron chi connectivity index (χ4n) is 2.51. The van der Waals surface area contributed by atoms with Gasteiger partial charge in [-0.1, -0.05) is 5.16 Å². The van der Waals surface area contributed by atoms with E-state index in [2.05, 4.69) is 39.2 Å². The lowest BCUT2D eigenvalue weighted by molar-refractivity contribution is 0.0683. The maximum atomic E-state index is 5.47. The van der Waals surface area contributed by atoms with Crippen LogP contribution in [0.25, 0.3) is 0 Å². The Labute approximate surface area is 142 Å². The molecule has 1 unspecified atom stereocenters. The van der Waals surface area contributed by atoms with Gasteiger partial charge in [0.05, 0.1) is 6.54 Å². The number of rotatable bonds is 5. The Morgan fingerprint density at radius 1 is 1.57 bits per heavy atom. The summed E-state index contributed by atoms with van der Waals surface area (Å²) in [5.74, 6) is 3.09. The zero-order chi connectivity index (χ0) is 16.9. The molecule has 1 aliphatic heterocycles. The molecule has 7 nitrogen and oxygen atoms in total. The van der Waals surface area contributed by atoms with Crippen molar-refractivity contribution in [1.29, 1.82) is 0 Å². The third-order valence-corrected chi connectivity index (χ3v) is 4.90. The lowest BCUT2D eigenvalue weighted by Crippen LogP contribution is -2.50. The number of thioether (sulfide) groups is 1. The van der Waals surface area contributed by atoms with Gasteiger partial charge in [0.25, 0.3) is 0 Å². The normalized spacial score (nSPS) is 19.7. The minimum Gasteiger partial charge on any atom is -0.371 e. The highest BCUT2D eigenvalue weighted by Gasteiger charge is 2.28. The first kappa shape index (κ1) is 18.1. The summed E-state index contributed by atoms with van der Waals surface area (Å²) in [6.45, 7) is 11.4. The van der Waals surface area contributed by atoms with E-state index >= 15 is 0 Å². The van der Waals surface area contributed by atoms with Crippen LogP contribution in [0.1, 0.15) is 45.5 Å². The van der Waals surface area contributed by atoms with Crippen molar-refractivity contribution in [3.05, 3.63) is 11.7 Å². The number of aromatic nitrogens is 2. The van der Waals surface area contributed by atoms with Crippen molar-refractivity contribution in [2.24, 2.45) is 4.99 Å². The SMILES string of the molecule is CCOC(C)c1noc(CNC(=NC)N2CCSC(C)(C)C2)n1. The first-order valence-corrected chi connectivity index (χ1v) is 8.97. The van der Waals surface area contributed by atoms with Crippen molar-refractivity contribution < 1.29 is 9.26 Å². The zero-order valence-electron chi connectivity index (χ0n) is 14.6. The molecule has 23 heavy (non-hydrogen) atoms. The number of hydrogen-bond donors (Lipinski definition) is 1. The van der Waals surface area contributed by atoms with Crippen LogP contribution >= 0.6 is 11.8 Å². The molecule has 2 rings (SSSR count). The zero-order valence-corrected chi connectivity index (χ0v) is 15.4. The second-order valence-electron chi connectivity index (χ2n) is 6.07. The quantitative estimate of drug-likeness (QED) is 0.649. The van der Waals surface area contributed by atoms with Crippen LogP contribution in [0, 0.1) is 0 Å². The highest BCUT2D eigenvalue weighted by atomic mass is 32.2. The number of guanidine groups is 1. The van der Waals surface area contributed by atoms with Gasteiger partial charge in [0, 0.05) is 37.2 Å². The predicted octanol–water partition coefficient (Wildman–Crippen LogP) is 2.07. The lowest BCUT2D eigenvalue weighted by Gasteiger charge is -2.39. The van der Waals surface area contributed by atoms with E-state index in [9.17, 15) is 0 Å². The molecule has 0 spiro atoms. The summed E-state index contributed by atoms with van der Waals surface area (Å²) in [5.41, 5.74) is 0. The van der Waals surface area contributed by atoms with E-state index in [0.717, 1.165) is 24.8 Å². The molecule has 0 bridgehead atoms. The van der Waals surface area contributed by atoms with E-state index in [1.165, 1.54) is 0 Å². The monoisotopic (exact) mass is 341 g/mol. The molecule has 1 aromatic rings. The fraction of sp³-hybridized carbons (Fsp3) is 0.800. The van der Waals surface area contributed by atoms with Gasteiger partial charge < -0.3 is 19.5 Å². The Bertz CT molecular complexity index is 532. The Morgan fingerprint density at radius 3 is 3.00 bits per heavy atom. The fourth-order valence-corrected chi connectivity index (χ4v) is 3.63. The molecule has 0 aromatic carbocycles. The minimum absolute atomic E-state index is 0.156. The third kappa shape index (κ3) is 5.10. The largest absolute Gasteiger partial charge is 0.371 e. The van der Waals surface area contributed by atoms with Crippen LogP contribution in [0.4, 0.5) is 0 Å². The molecule has 130 valence electrons. The van der Waals surface area contributed by atoms with Crippen molar-refractivity contribution >= 4 is 17.7 Å². The van der Waals surface area contributed by atoms with E-state index in [0.29, 0.717) is 24.9 Å². The third-order valence-electron chi connectivity index (χ3n) is 3.60. The molecular formula is C15H27N5O2S. The Morgan fingerprint density at radius 2 is 2.35 bits per heavy atom. The van der Waals surface area contributed by atoms with Crippen LogP contribution in [0.5, 0.6) is 0 Å². The van der Waals surface area contributed by atoms with E-state index in [1.54, 1.807) is 7.05 Å². The second-order valence-corrected chi connectivity index (χ2v) is 7.88. The molecule has 2 heterocycles. The highest BCUT2D eigenvalue weighted by Crippen LogP contribution is 2.29. The second kappa shape index (κ2) is 8.01. The van der Waals surface area contributed by atoms with Crippen molar-refractivity contribution in [3.8, 4) is 0 Å².